The number of amides is 2. The van der Waals surface area contributed by atoms with Crippen molar-refractivity contribution in [2.24, 2.45) is 5.92 Å². The molecule has 176 valence electrons. The molecule has 0 aliphatic carbocycles. The zero-order valence-electron chi connectivity index (χ0n) is 19.0. The van der Waals surface area contributed by atoms with Gasteiger partial charge in [-0.3, -0.25) is 4.79 Å². The molecule has 2 aliphatic heterocycles. The predicted molar refractivity (Wildman–Crippen MR) is 120 cm³/mol. The van der Waals surface area contributed by atoms with E-state index in [1.807, 2.05) is 0 Å². The Hall–Kier alpha value is -3.08. The van der Waals surface area contributed by atoms with Crippen LogP contribution in [0.2, 0.25) is 0 Å². The summed E-state index contributed by atoms with van der Waals surface area (Å²) in [4.78, 5) is 31.6. The molecule has 2 aromatic rings. The molecule has 0 radical (unpaired) electrons. The van der Waals surface area contributed by atoms with Crippen molar-refractivity contribution in [1.82, 2.24) is 14.8 Å². The maximum atomic E-state index is 14.7. The number of fused-ring (bicyclic) bond motifs is 3. The van der Waals surface area contributed by atoms with Crippen LogP contribution in [0.15, 0.2) is 12.1 Å². The van der Waals surface area contributed by atoms with Crippen molar-refractivity contribution in [2.45, 2.75) is 57.5 Å². The molecule has 1 fully saturated rings. The van der Waals surface area contributed by atoms with Crippen LogP contribution in [0.4, 0.5) is 13.6 Å². The van der Waals surface area contributed by atoms with E-state index in [0.717, 1.165) is 36.6 Å². The number of carbonyl (C=O) groups excluding carboxylic acids is 2. The lowest BCUT2D eigenvalue weighted by Crippen LogP contribution is -2.51. The fraction of sp³-hybridized carbons (Fsp3) is 0.520. The van der Waals surface area contributed by atoms with E-state index in [-0.39, 0.29) is 23.6 Å². The van der Waals surface area contributed by atoms with Crippen molar-refractivity contribution in [2.75, 3.05) is 20.2 Å². The molecule has 0 spiro atoms. The van der Waals surface area contributed by atoms with Gasteiger partial charge in [0.05, 0.1) is 18.7 Å². The van der Waals surface area contributed by atoms with Gasteiger partial charge in [0.1, 0.15) is 11.6 Å². The lowest BCUT2D eigenvalue weighted by molar-refractivity contribution is -0.133. The van der Waals surface area contributed by atoms with Gasteiger partial charge in [-0.1, -0.05) is 19.8 Å². The van der Waals surface area contributed by atoms with Crippen molar-refractivity contribution in [3.63, 3.8) is 0 Å². The number of aromatic amines is 1. The SMILES string of the molecule is C#CC(=O)N1[C@@H](CCCC)Cc2c([nH]c3c(F)cc(F)cc23)[C@@H]1C1CCN(C(=O)OC)CC1. The van der Waals surface area contributed by atoms with Crippen LogP contribution in [0, 0.1) is 29.9 Å². The smallest absolute Gasteiger partial charge is 0.409 e. The Kier molecular flexibility index (Phi) is 6.59. The van der Waals surface area contributed by atoms with E-state index in [2.05, 4.69) is 17.8 Å². The number of aromatic nitrogens is 1. The van der Waals surface area contributed by atoms with E-state index in [4.69, 9.17) is 11.2 Å². The summed E-state index contributed by atoms with van der Waals surface area (Å²) in [5.74, 6) is 0.615. The van der Waals surface area contributed by atoms with Crippen molar-refractivity contribution in [3.8, 4) is 12.3 Å². The molecule has 6 nitrogen and oxygen atoms in total. The van der Waals surface area contributed by atoms with Crippen molar-refractivity contribution < 1.29 is 23.1 Å². The molecule has 1 saturated heterocycles. The standard InChI is InChI=1S/C25H29F2N3O3/c1-4-6-7-17-14-19-18-12-16(26)13-20(27)22(18)28-23(19)24(30(17)21(31)5-2)15-8-10-29(11-9-15)25(32)33-3/h2,12-13,15,17,24,28H,4,6-11,14H2,1,3H3/t17-,24-/m0/s1. The molecular weight excluding hydrogens is 428 g/mol. The molecular formula is C25H29F2N3O3. The van der Waals surface area contributed by atoms with Gasteiger partial charge < -0.3 is 19.5 Å². The number of H-pyrrole nitrogens is 1. The van der Waals surface area contributed by atoms with Crippen molar-refractivity contribution in [3.05, 3.63) is 35.0 Å². The van der Waals surface area contributed by atoms with Crippen LogP contribution in [-0.2, 0) is 16.0 Å². The van der Waals surface area contributed by atoms with Gasteiger partial charge >= 0.3 is 6.09 Å². The second-order valence-corrected chi connectivity index (χ2v) is 8.92. The lowest BCUT2D eigenvalue weighted by atomic mass is 9.79. The zero-order chi connectivity index (χ0) is 23.7. The number of nitrogens with one attached hydrogen (secondary N) is 1. The summed E-state index contributed by atoms with van der Waals surface area (Å²) in [7, 11) is 1.35. The second-order valence-electron chi connectivity index (χ2n) is 8.92. The summed E-state index contributed by atoms with van der Waals surface area (Å²) in [6.07, 6.45) is 9.59. The third kappa shape index (κ3) is 4.17. The molecule has 2 aliphatic rings. The van der Waals surface area contributed by atoms with Crippen LogP contribution in [0.25, 0.3) is 10.9 Å². The number of rotatable bonds is 4. The number of hydrogen-bond donors (Lipinski definition) is 1. The van der Waals surface area contributed by atoms with Gasteiger partial charge in [-0.05, 0) is 49.2 Å². The van der Waals surface area contributed by atoms with Crippen LogP contribution in [-0.4, -0.2) is 53.0 Å². The third-order valence-corrected chi connectivity index (χ3v) is 7.06. The van der Waals surface area contributed by atoms with Gasteiger partial charge in [-0.25, -0.2) is 13.6 Å². The van der Waals surface area contributed by atoms with E-state index in [1.54, 1.807) is 9.80 Å². The monoisotopic (exact) mass is 457 g/mol. The number of unbranched alkanes of at least 4 members (excludes halogenated alkanes) is 1. The zero-order valence-corrected chi connectivity index (χ0v) is 19.0. The molecule has 1 aromatic carbocycles. The van der Waals surface area contributed by atoms with Crippen LogP contribution in [0.1, 0.15) is 56.3 Å². The molecule has 1 aromatic heterocycles. The molecule has 2 atom stereocenters. The van der Waals surface area contributed by atoms with Crippen molar-refractivity contribution >= 4 is 22.9 Å². The number of hydrogen-bond acceptors (Lipinski definition) is 3. The average molecular weight is 458 g/mol. The first-order valence-corrected chi connectivity index (χ1v) is 11.5. The van der Waals surface area contributed by atoms with Crippen LogP contribution >= 0.6 is 0 Å². The van der Waals surface area contributed by atoms with Gasteiger partial charge in [0, 0.05) is 36.3 Å². The Labute approximate surface area is 192 Å². The fourth-order valence-electron chi connectivity index (χ4n) is 5.50. The molecule has 2 amide bonds. The summed E-state index contributed by atoms with van der Waals surface area (Å²) in [6.45, 7) is 3.06. The van der Waals surface area contributed by atoms with Gasteiger partial charge in [0.2, 0.25) is 0 Å². The number of benzene rings is 1. The summed E-state index contributed by atoms with van der Waals surface area (Å²) >= 11 is 0. The van der Waals surface area contributed by atoms with E-state index < -0.39 is 23.6 Å². The summed E-state index contributed by atoms with van der Waals surface area (Å²) in [5, 5.41) is 0.522. The number of nitrogens with zero attached hydrogens (tertiary/aromatic N) is 2. The topological polar surface area (TPSA) is 65.6 Å². The molecule has 8 heteroatoms. The van der Waals surface area contributed by atoms with E-state index in [0.29, 0.717) is 37.7 Å². The molecule has 1 N–H and O–H groups in total. The van der Waals surface area contributed by atoms with Gasteiger partial charge in [0.15, 0.2) is 0 Å². The number of ether oxygens (including phenoxy) is 1. The van der Waals surface area contributed by atoms with Gasteiger partial charge in [0.25, 0.3) is 5.91 Å². The Morgan fingerprint density at radius 3 is 2.64 bits per heavy atom. The van der Waals surface area contributed by atoms with Crippen LogP contribution in [0.5, 0.6) is 0 Å². The number of terminal acetylenes is 1. The highest BCUT2D eigenvalue weighted by Gasteiger charge is 2.44. The van der Waals surface area contributed by atoms with E-state index in [1.165, 1.54) is 13.2 Å². The number of piperidine rings is 1. The maximum Gasteiger partial charge on any atom is 0.409 e. The molecule has 0 unspecified atom stereocenters. The maximum absolute atomic E-state index is 14.7. The molecule has 33 heavy (non-hydrogen) atoms. The minimum atomic E-state index is -0.654. The highest BCUT2D eigenvalue weighted by Crippen LogP contribution is 2.45. The fourth-order valence-corrected chi connectivity index (χ4v) is 5.50. The predicted octanol–water partition coefficient (Wildman–Crippen LogP) is 4.54. The van der Waals surface area contributed by atoms with Crippen LogP contribution < -0.4 is 0 Å². The van der Waals surface area contributed by atoms with E-state index in [9.17, 15) is 18.4 Å². The van der Waals surface area contributed by atoms with Crippen LogP contribution in [0.3, 0.4) is 0 Å². The summed E-state index contributed by atoms with van der Waals surface area (Å²) < 4.78 is 33.6. The molecule has 0 bridgehead atoms. The minimum absolute atomic E-state index is 0.00681. The van der Waals surface area contributed by atoms with Gasteiger partial charge in [-0.2, -0.15) is 0 Å². The number of carbonyl (C=O) groups is 2. The quantitative estimate of drug-likeness (QED) is 0.686. The Morgan fingerprint density at radius 1 is 1.27 bits per heavy atom. The molecule has 4 rings (SSSR count). The first-order chi connectivity index (χ1) is 15.9. The number of likely N-dealkylation sites (tertiary alicyclic amines) is 1. The molecule has 0 saturated carbocycles. The van der Waals surface area contributed by atoms with Gasteiger partial charge in [-0.15, -0.1) is 6.42 Å². The average Bonchev–Trinajstić information content (AvgIpc) is 3.19. The third-order valence-electron chi connectivity index (χ3n) is 7.06. The number of halogens is 2. The Bertz CT molecular complexity index is 1100. The Balaban J connectivity index is 1.80. The second kappa shape index (κ2) is 9.42. The summed E-state index contributed by atoms with van der Waals surface area (Å²) in [5.41, 5.74) is 1.83. The van der Waals surface area contributed by atoms with Crippen molar-refractivity contribution in [1.29, 1.82) is 0 Å². The largest absolute Gasteiger partial charge is 0.453 e. The number of methoxy groups -OCH3 is 1. The summed E-state index contributed by atoms with van der Waals surface area (Å²) in [6, 6.07) is 1.68. The minimum Gasteiger partial charge on any atom is -0.453 e. The highest BCUT2D eigenvalue weighted by molar-refractivity contribution is 5.94. The normalized spacial score (nSPS) is 21.1. The molecule has 3 heterocycles. The van der Waals surface area contributed by atoms with E-state index >= 15 is 0 Å². The first kappa shape index (κ1) is 23.1. The highest BCUT2D eigenvalue weighted by atomic mass is 19.1. The Morgan fingerprint density at radius 2 is 2.00 bits per heavy atom. The first-order valence-electron chi connectivity index (χ1n) is 11.5. The lowest BCUT2D eigenvalue weighted by Gasteiger charge is -2.46.